The molecule has 0 spiro atoms. The molecule has 0 aliphatic heterocycles. The first-order valence-corrected chi connectivity index (χ1v) is 6.70. The number of hydrogen-bond acceptors (Lipinski definition) is 6. The molecule has 1 fully saturated rings. The Hall–Kier alpha value is -1.14. The molecule has 1 aliphatic carbocycles. The molecule has 1 aromatic rings. The SMILES string of the molecule is COC(=O)c1csc(NC2CC(OC)C2(C)C)n1. The fraction of sp³-hybridized carbons (Fsp3) is 0.667. The van der Waals surface area contributed by atoms with Gasteiger partial charge in [0.15, 0.2) is 10.8 Å². The van der Waals surface area contributed by atoms with E-state index in [0.29, 0.717) is 11.7 Å². The Balaban J connectivity index is 1.99. The van der Waals surface area contributed by atoms with Crippen LogP contribution in [0.4, 0.5) is 5.13 Å². The van der Waals surface area contributed by atoms with Crippen LogP contribution in [-0.2, 0) is 9.47 Å². The van der Waals surface area contributed by atoms with E-state index >= 15 is 0 Å². The molecule has 0 amide bonds. The fourth-order valence-electron chi connectivity index (χ4n) is 2.22. The van der Waals surface area contributed by atoms with Crippen molar-refractivity contribution in [3.8, 4) is 0 Å². The van der Waals surface area contributed by atoms with E-state index in [9.17, 15) is 4.79 Å². The molecule has 18 heavy (non-hydrogen) atoms. The number of ether oxygens (including phenoxy) is 2. The molecule has 2 atom stereocenters. The molecule has 100 valence electrons. The summed E-state index contributed by atoms with van der Waals surface area (Å²) in [7, 11) is 3.09. The number of thiazole rings is 1. The molecule has 0 aromatic carbocycles. The van der Waals surface area contributed by atoms with Crippen LogP contribution >= 0.6 is 11.3 Å². The minimum atomic E-state index is -0.401. The van der Waals surface area contributed by atoms with E-state index in [-0.39, 0.29) is 11.5 Å². The van der Waals surface area contributed by atoms with Crippen LogP contribution in [0.25, 0.3) is 0 Å². The van der Waals surface area contributed by atoms with E-state index in [1.165, 1.54) is 18.4 Å². The van der Waals surface area contributed by atoms with Gasteiger partial charge < -0.3 is 14.8 Å². The summed E-state index contributed by atoms with van der Waals surface area (Å²) in [5, 5.41) is 5.81. The Bertz CT molecular complexity index is 444. The molecule has 0 bridgehead atoms. The van der Waals surface area contributed by atoms with Crippen LogP contribution in [0.5, 0.6) is 0 Å². The summed E-state index contributed by atoms with van der Waals surface area (Å²) in [5.74, 6) is -0.401. The molecule has 2 unspecified atom stereocenters. The first-order valence-electron chi connectivity index (χ1n) is 5.82. The van der Waals surface area contributed by atoms with Crippen molar-refractivity contribution in [1.82, 2.24) is 4.98 Å². The highest BCUT2D eigenvalue weighted by Gasteiger charge is 2.48. The third-order valence-corrected chi connectivity index (χ3v) is 4.43. The first kappa shape index (κ1) is 13.3. The Morgan fingerprint density at radius 3 is 2.83 bits per heavy atom. The van der Waals surface area contributed by atoms with Crippen LogP contribution in [0.1, 0.15) is 30.8 Å². The second-order valence-corrected chi connectivity index (χ2v) is 5.87. The lowest BCUT2D eigenvalue weighted by Crippen LogP contribution is -2.57. The van der Waals surface area contributed by atoms with Crippen molar-refractivity contribution in [1.29, 1.82) is 0 Å². The van der Waals surface area contributed by atoms with Gasteiger partial charge in [0, 0.05) is 23.9 Å². The summed E-state index contributed by atoms with van der Waals surface area (Å²) in [6.45, 7) is 4.33. The molecule has 1 aromatic heterocycles. The minimum absolute atomic E-state index is 0.0752. The van der Waals surface area contributed by atoms with Crippen molar-refractivity contribution in [2.75, 3.05) is 19.5 Å². The standard InChI is InChI=1S/C12H18N2O3S/c1-12(2)8(5-9(12)16-3)14-11-13-7(6-18-11)10(15)17-4/h6,8-9H,5H2,1-4H3,(H,13,14). The normalized spacial score (nSPS) is 25.3. The zero-order chi connectivity index (χ0) is 13.3. The summed E-state index contributed by atoms with van der Waals surface area (Å²) in [4.78, 5) is 15.5. The van der Waals surface area contributed by atoms with Gasteiger partial charge in [-0.2, -0.15) is 0 Å². The zero-order valence-corrected chi connectivity index (χ0v) is 11.8. The van der Waals surface area contributed by atoms with Gasteiger partial charge in [0.05, 0.1) is 13.2 Å². The Kier molecular flexibility index (Phi) is 3.59. The summed E-state index contributed by atoms with van der Waals surface area (Å²) in [6.07, 6.45) is 1.23. The van der Waals surface area contributed by atoms with Gasteiger partial charge in [-0.25, -0.2) is 9.78 Å². The van der Waals surface area contributed by atoms with Gasteiger partial charge in [0.25, 0.3) is 0 Å². The first-order chi connectivity index (χ1) is 8.48. The van der Waals surface area contributed by atoms with Crippen LogP contribution in [0.3, 0.4) is 0 Å². The van der Waals surface area contributed by atoms with Gasteiger partial charge in [-0.3, -0.25) is 0 Å². The maximum atomic E-state index is 11.3. The lowest BCUT2D eigenvalue weighted by Gasteiger charge is -2.51. The second-order valence-electron chi connectivity index (χ2n) is 5.01. The minimum Gasteiger partial charge on any atom is -0.464 e. The predicted molar refractivity (Wildman–Crippen MR) is 70.1 cm³/mol. The number of carbonyl (C=O) groups is 1. The summed E-state index contributed by atoms with van der Waals surface area (Å²) in [6, 6.07) is 0.319. The van der Waals surface area contributed by atoms with Gasteiger partial charge in [0.2, 0.25) is 0 Å². The van der Waals surface area contributed by atoms with Gasteiger partial charge in [0.1, 0.15) is 0 Å². The van der Waals surface area contributed by atoms with Crippen LogP contribution in [0, 0.1) is 5.41 Å². The lowest BCUT2D eigenvalue weighted by atomic mass is 9.64. The average Bonchev–Trinajstić information content (AvgIpc) is 2.81. The Morgan fingerprint density at radius 1 is 1.56 bits per heavy atom. The number of esters is 1. The number of nitrogens with one attached hydrogen (secondary N) is 1. The van der Waals surface area contributed by atoms with Crippen molar-refractivity contribution < 1.29 is 14.3 Å². The summed E-state index contributed by atoms with van der Waals surface area (Å²) < 4.78 is 10.0. The molecular weight excluding hydrogens is 252 g/mol. The van der Waals surface area contributed by atoms with Crippen molar-refractivity contribution >= 4 is 22.4 Å². The van der Waals surface area contributed by atoms with Crippen LogP contribution in [-0.4, -0.2) is 37.3 Å². The molecule has 1 heterocycles. The van der Waals surface area contributed by atoms with E-state index in [2.05, 4.69) is 28.9 Å². The molecule has 1 N–H and O–H groups in total. The number of methoxy groups -OCH3 is 2. The molecule has 0 radical (unpaired) electrons. The smallest absolute Gasteiger partial charge is 0.357 e. The van der Waals surface area contributed by atoms with Crippen LogP contribution in [0.2, 0.25) is 0 Å². The van der Waals surface area contributed by atoms with E-state index in [1.54, 1.807) is 12.5 Å². The third-order valence-electron chi connectivity index (χ3n) is 3.66. The van der Waals surface area contributed by atoms with Gasteiger partial charge >= 0.3 is 5.97 Å². The molecular formula is C12H18N2O3S. The van der Waals surface area contributed by atoms with Crippen LogP contribution < -0.4 is 5.32 Å². The summed E-state index contributed by atoms with van der Waals surface area (Å²) in [5.41, 5.74) is 0.427. The van der Waals surface area contributed by atoms with Crippen molar-refractivity contribution in [3.63, 3.8) is 0 Å². The van der Waals surface area contributed by atoms with Crippen molar-refractivity contribution in [2.45, 2.75) is 32.4 Å². The van der Waals surface area contributed by atoms with E-state index in [0.717, 1.165) is 11.6 Å². The zero-order valence-electron chi connectivity index (χ0n) is 11.0. The maximum Gasteiger partial charge on any atom is 0.357 e. The Morgan fingerprint density at radius 2 is 2.28 bits per heavy atom. The van der Waals surface area contributed by atoms with Gasteiger partial charge in [-0.15, -0.1) is 11.3 Å². The van der Waals surface area contributed by atoms with Crippen LogP contribution in [0.15, 0.2) is 5.38 Å². The second kappa shape index (κ2) is 4.85. The molecule has 5 nitrogen and oxygen atoms in total. The van der Waals surface area contributed by atoms with E-state index in [4.69, 9.17) is 4.74 Å². The maximum absolute atomic E-state index is 11.3. The molecule has 0 saturated heterocycles. The Labute approximate surface area is 111 Å². The summed E-state index contributed by atoms with van der Waals surface area (Å²) >= 11 is 1.42. The molecule has 2 rings (SSSR count). The number of nitrogens with zero attached hydrogens (tertiary/aromatic N) is 1. The highest BCUT2D eigenvalue weighted by atomic mass is 32.1. The average molecular weight is 270 g/mol. The number of carbonyl (C=O) groups excluding carboxylic acids is 1. The highest BCUT2D eigenvalue weighted by molar-refractivity contribution is 7.13. The van der Waals surface area contributed by atoms with E-state index < -0.39 is 5.97 Å². The predicted octanol–water partition coefficient (Wildman–Crippen LogP) is 2.16. The molecule has 1 saturated carbocycles. The quantitative estimate of drug-likeness (QED) is 0.849. The van der Waals surface area contributed by atoms with Gasteiger partial charge in [-0.1, -0.05) is 13.8 Å². The molecule has 1 aliphatic rings. The molecule has 6 heteroatoms. The highest BCUT2D eigenvalue weighted by Crippen LogP contribution is 2.44. The number of rotatable bonds is 4. The number of aromatic nitrogens is 1. The largest absolute Gasteiger partial charge is 0.464 e. The number of anilines is 1. The van der Waals surface area contributed by atoms with Gasteiger partial charge in [-0.05, 0) is 6.42 Å². The monoisotopic (exact) mass is 270 g/mol. The van der Waals surface area contributed by atoms with E-state index in [1.807, 2.05) is 0 Å². The third kappa shape index (κ3) is 2.22. The lowest BCUT2D eigenvalue weighted by molar-refractivity contribution is -0.0794. The van der Waals surface area contributed by atoms with Crippen molar-refractivity contribution in [3.05, 3.63) is 11.1 Å². The fourth-order valence-corrected chi connectivity index (χ4v) is 2.95. The topological polar surface area (TPSA) is 60.5 Å². The number of hydrogen-bond donors (Lipinski definition) is 1. The van der Waals surface area contributed by atoms with Crippen molar-refractivity contribution in [2.24, 2.45) is 5.41 Å².